The number of halogens is 4. The predicted molar refractivity (Wildman–Crippen MR) is 115 cm³/mol. The van der Waals surface area contributed by atoms with Crippen molar-refractivity contribution in [2.24, 2.45) is 5.73 Å². The number of hydrogen-bond donors (Lipinski definition) is 2. The van der Waals surface area contributed by atoms with Crippen molar-refractivity contribution in [3.8, 4) is 0 Å². The second-order valence-electron chi connectivity index (χ2n) is 7.45. The third-order valence-corrected chi connectivity index (χ3v) is 5.25. The van der Waals surface area contributed by atoms with Crippen molar-refractivity contribution in [2.45, 2.75) is 31.9 Å². The van der Waals surface area contributed by atoms with Gasteiger partial charge in [-0.15, -0.1) is 0 Å². The Hall–Kier alpha value is -3.07. The van der Waals surface area contributed by atoms with Gasteiger partial charge in [0, 0.05) is 30.6 Å². The number of benzene rings is 1. The predicted octanol–water partition coefficient (Wildman–Crippen LogP) is 4.17. The Kier molecular flexibility index (Phi) is 7.74. The van der Waals surface area contributed by atoms with E-state index in [-0.39, 0.29) is 25.3 Å². The number of alkyl halides is 1. The molecule has 1 fully saturated rings. The SMILES string of the molecule is NC(=O)c1cc2cc(Cl)cnc2[nH]1.O=C(CCc1ccc(F)cc1F)N1CCCC(F)C1. The van der Waals surface area contributed by atoms with E-state index in [0.717, 1.165) is 11.5 Å². The van der Waals surface area contributed by atoms with Gasteiger partial charge in [0.25, 0.3) is 5.91 Å². The summed E-state index contributed by atoms with van der Waals surface area (Å²) in [6, 6.07) is 6.65. The van der Waals surface area contributed by atoms with Gasteiger partial charge in [-0.05, 0) is 43.0 Å². The molecule has 1 atom stereocenters. The highest BCUT2D eigenvalue weighted by molar-refractivity contribution is 6.31. The Morgan fingerprint density at radius 2 is 2.03 bits per heavy atom. The summed E-state index contributed by atoms with van der Waals surface area (Å²) < 4.78 is 39.3. The van der Waals surface area contributed by atoms with Gasteiger partial charge in [0.15, 0.2) is 0 Å². The Bertz CT molecular complexity index is 1120. The molecule has 6 nitrogen and oxygen atoms in total. The van der Waals surface area contributed by atoms with Gasteiger partial charge in [-0.1, -0.05) is 17.7 Å². The average Bonchev–Trinajstić information content (AvgIpc) is 3.17. The Balaban J connectivity index is 0.000000193. The molecule has 0 spiro atoms. The van der Waals surface area contributed by atoms with Gasteiger partial charge in [-0.3, -0.25) is 9.59 Å². The van der Waals surface area contributed by atoms with Crippen LogP contribution in [0.5, 0.6) is 0 Å². The summed E-state index contributed by atoms with van der Waals surface area (Å²) in [7, 11) is 0. The summed E-state index contributed by atoms with van der Waals surface area (Å²) >= 11 is 5.71. The van der Waals surface area contributed by atoms with Gasteiger partial charge in [0.2, 0.25) is 5.91 Å². The van der Waals surface area contributed by atoms with Crippen LogP contribution in [0.15, 0.2) is 36.5 Å². The summed E-state index contributed by atoms with van der Waals surface area (Å²) in [4.78, 5) is 30.9. The molecule has 0 bridgehead atoms. The van der Waals surface area contributed by atoms with Crippen LogP contribution < -0.4 is 5.73 Å². The second-order valence-corrected chi connectivity index (χ2v) is 7.89. The van der Waals surface area contributed by atoms with E-state index in [4.69, 9.17) is 17.3 Å². The quantitative estimate of drug-likeness (QED) is 0.604. The first-order valence-corrected chi connectivity index (χ1v) is 10.4. The smallest absolute Gasteiger partial charge is 0.265 e. The molecule has 1 aliphatic heterocycles. The summed E-state index contributed by atoms with van der Waals surface area (Å²) in [6.07, 6.45) is 2.03. The first kappa shape index (κ1) is 23.6. The van der Waals surface area contributed by atoms with Crippen LogP contribution in [0.4, 0.5) is 13.2 Å². The van der Waals surface area contributed by atoms with Crippen LogP contribution in [0.2, 0.25) is 5.02 Å². The number of nitrogens with zero attached hydrogens (tertiary/aromatic N) is 2. The normalized spacial score (nSPS) is 15.9. The summed E-state index contributed by atoms with van der Waals surface area (Å²) in [5.41, 5.74) is 6.34. The van der Waals surface area contributed by atoms with Crippen LogP contribution in [0.1, 0.15) is 35.3 Å². The van der Waals surface area contributed by atoms with Crippen LogP contribution in [0, 0.1) is 11.6 Å². The number of amides is 2. The number of likely N-dealkylation sites (tertiary alicyclic amines) is 1. The number of hydrogen-bond acceptors (Lipinski definition) is 3. The molecule has 3 N–H and O–H groups in total. The number of carbonyl (C=O) groups excluding carboxylic acids is 2. The number of rotatable bonds is 4. The van der Waals surface area contributed by atoms with E-state index in [9.17, 15) is 22.8 Å². The van der Waals surface area contributed by atoms with E-state index >= 15 is 0 Å². The minimum Gasteiger partial charge on any atom is -0.364 e. The van der Waals surface area contributed by atoms with E-state index in [1.54, 1.807) is 12.1 Å². The van der Waals surface area contributed by atoms with E-state index in [1.807, 2.05) is 0 Å². The van der Waals surface area contributed by atoms with Gasteiger partial charge in [-0.25, -0.2) is 18.2 Å². The number of carbonyl (C=O) groups is 2. The topological polar surface area (TPSA) is 92.1 Å². The van der Waals surface area contributed by atoms with Crippen molar-refractivity contribution < 1.29 is 22.8 Å². The highest BCUT2D eigenvalue weighted by Gasteiger charge is 2.23. The molecule has 3 aromatic rings. The summed E-state index contributed by atoms with van der Waals surface area (Å²) in [5.74, 6) is -1.96. The minimum absolute atomic E-state index is 0.120. The van der Waals surface area contributed by atoms with E-state index in [1.165, 1.54) is 23.2 Å². The van der Waals surface area contributed by atoms with Crippen LogP contribution >= 0.6 is 11.6 Å². The van der Waals surface area contributed by atoms with Gasteiger partial charge >= 0.3 is 0 Å². The van der Waals surface area contributed by atoms with Crippen molar-refractivity contribution in [3.05, 3.63) is 64.4 Å². The number of pyridine rings is 1. The molecule has 10 heteroatoms. The first-order chi connectivity index (χ1) is 15.2. The lowest BCUT2D eigenvalue weighted by Crippen LogP contribution is -2.40. The fraction of sp³-hybridized carbons (Fsp3) is 0.318. The molecule has 1 unspecified atom stereocenters. The van der Waals surface area contributed by atoms with Crippen molar-refractivity contribution >= 4 is 34.4 Å². The molecule has 0 saturated carbocycles. The molecule has 0 aliphatic carbocycles. The fourth-order valence-corrected chi connectivity index (χ4v) is 3.56. The van der Waals surface area contributed by atoms with E-state index in [2.05, 4.69) is 9.97 Å². The van der Waals surface area contributed by atoms with Gasteiger partial charge < -0.3 is 15.6 Å². The molecule has 1 aliphatic rings. The van der Waals surface area contributed by atoms with Gasteiger partial charge in [0.05, 0.1) is 11.6 Å². The number of nitrogens with two attached hydrogens (primary N) is 1. The molecule has 32 heavy (non-hydrogen) atoms. The van der Waals surface area contributed by atoms with Crippen molar-refractivity contribution in [1.82, 2.24) is 14.9 Å². The van der Waals surface area contributed by atoms with E-state index < -0.39 is 23.7 Å². The van der Waals surface area contributed by atoms with Gasteiger partial charge in [-0.2, -0.15) is 0 Å². The monoisotopic (exact) mass is 466 g/mol. The third-order valence-electron chi connectivity index (χ3n) is 5.04. The maximum absolute atomic E-state index is 13.4. The van der Waals surface area contributed by atoms with Crippen LogP contribution in [0.25, 0.3) is 11.0 Å². The number of aromatic amines is 1. The zero-order valence-corrected chi connectivity index (χ0v) is 17.8. The number of piperidine rings is 1. The average molecular weight is 467 g/mol. The molecule has 170 valence electrons. The number of fused-ring (bicyclic) bond motifs is 1. The zero-order valence-electron chi connectivity index (χ0n) is 17.1. The molecule has 0 radical (unpaired) electrons. The molecule has 1 aromatic carbocycles. The number of H-pyrrole nitrogens is 1. The lowest BCUT2D eigenvalue weighted by molar-refractivity contribution is -0.133. The summed E-state index contributed by atoms with van der Waals surface area (Å²) in [6.45, 7) is 0.690. The lowest BCUT2D eigenvalue weighted by Gasteiger charge is -2.29. The third kappa shape index (κ3) is 6.23. The van der Waals surface area contributed by atoms with Crippen molar-refractivity contribution in [2.75, 3.05) is 13.1 Å². The van der Waals surface area contributed by atoms with Crippen LogP contribution in [-0.2, 0) is 11.2 Å². The number of nitrogens with one attached hydrogen (secondary N) is 1. The Labute approximate surface area is 187 Å². The molecule has 3 heterocycles. The Morgan fingerprint density at radius 1 is 1.25 bits per heavy atom. The highest BCUT2D eigenvalue weighted by atomic mass is 35.5. The molecule has 2 aromatic heterocycles. The van der Waals surface area contributed by atoms with Crippen molar-refractivity contribution in [3.63, 3.8) is 0 Å². The van der Waals surface area contributed by atoms with Crippen LogP contribution in [-0.4, -0.2) is 45.9 Å². The Morgan fingerprint density at radius 3 is 2.72 bits per heavy atom. The zero-order chi connectivity index (χ0) is 23.3. The molecule has 4 rings (SSSR count). The molecular formula is C22H22ClF3N4O2. The van der Waals surface area contributed by atoms with Crippen molar-refractivity contribution in [1.29, 1.82) is 0 Å². The van der Waals surface area contributed by atoms with Gasteiger partial charge in [0.1, 0.15) is 29.1 Å². The number of aromatic nitrogens is 2. The largest absolute Gasteiger partial charge is 0.364 e. The first-order valence-electron chi connectivity index (χ1n) is 10.0. The number of primary amides is 1. The highest BCUT2D eigenvalue weighted by Crippen LogP contribution is 2.18. The standard InChI is InChI=1S/C14H16F3NO.C8H6ClN3O/c15-11-5-3-10(13(17)8-11)4-6-14(19)18-7-1-2-12(16)9-18;9-5-1-4-2-6(7(10)13)12-8(4)11-3-5/h3,5,8,12H,1-2,4,6-7,9H2;1-3H,(H2,10,13)(H,11,12). The fourth-order valence-electron chi connectivity index (χ4n) is 3.40. The molecular weight excluding hydrogens is 445 g/mol. The lowest BCUT2D eigenvalue weighted by atomic mass is 10.1. The van der Waals surface area contributed by atoms with Crippen LogP contribution in [0.3, 0.4) is 0 Å². The number of aryl methyl sites for hydroxylation is 1. The summed E-state index contributed by atoms with van der Waals surface area (Å²) in [5, 5.41) is 1.31. The molecule has 1 saturated heterocycles. The maximum atomic E-state index is 13.4. The second kappa shape index (κ2) is 10.5. The maximum Gasteiger partial charge on any atom is 0.265 e. The van der Waals surface area contributed by atoms with E-state index in [0.29, 0.717) is 41.3 Å². The minimum atomic E-state index is -0.958. The molecule has 2 amide bonds.